The number of ether oxygens (including phenoxy) is 2. The second-order valence-corrected chi connectivity index (χ2v) is 5.92. The number of amides is 1. The van der Waals surface area contributed by atoms with Crippen LogP contribution < -0.4 is 10.1 Å². The highest BCUT2D eigenvalue weighted by molar-refractivity contribution is 6.33. The Balaban J connectivity index is 1.74. The van der Waals surface area contributed by atoms with Crippen LogP contribution in [0.3, 0.4) is 0 Å². The van der Waals surface area contributed by atoms with E-state index in [0.29, 0.717) is 16.5 Å². The topological polar surface area (TPSA) is 64.6 Å². The molecule has 2 aromatic carbocycles. The average molecular weight is 362 g/mol. The van der Waals surface area contributed by atoms with Crippen molar-refractivity contribution in [1.29, 1.82) is 0 Å². The van der Waals surface area contributed by atoms with E-state index < -0.39 is 18.0 Å². The third-order valence-corrected chi connectivity index (χ3v) is 3.73. The number of esters is 1. The standard InChI is InChI=1S/C19H20ClNO4/c1-13-7-9-15(10-8-13)24-12-11-18(22)25-14(2)19(23)21-17-6-4-3-5-16(17)20/h3-10,14H,11-12H2,1-2H3,(H,21,23)/t14-/m1/s1. The van der Waals surface area contributed by atoms with Crippen LogP contribution in [0.5, 0.6) is 5.75 Å². The molecule has 0 saturated heterocycles. The molecule has 0 unspecified atom stereocenters. The van der Waals surface area contributed by atoms with E-state index in [9.17, 15) is 9.59 Å². The van der Waals surface area contributed by atoms with Gasteiger partial charge in [0.15, 0.2) is 6.10 Å². The summed E-state index contributed by atoms with van der Waals surface area (Å²) in [5, 5.41) is 3.04. The van der Waals surface area contributed by atoms with Crippen molar-refractivity contribution in [3.8, 4) is 5.75 Å². The van der Waals surface area contributed by atoms with Crippen molar-refractivity contribution < 1.29 is 19.1 Å². The lowest BCUT2D eigenvalue weighted by Crippen LogP contribution is -2.30. The first-order valence-electron chi connectivity index (χ1n) is 7.90. The molecule has 2 rings (SSSR count). The molecule has 0 radical (unpaired) electrons. The fourth-order valence-electron chi connectivity index (χ4n) is 1.99. The molecule has 0 fully saturated rings. The second-order valence-electron chi connectivity index (χ2n) is 5.51. The molecule has 0 bridgehead atoms. The van der Waals surface area contributed by atoms with Crippen LogP contribution in [0.2, 0.25) is 5.02 Å². The molecule has 2 aromatic rings. The zero-order valence-corrected chi connectivity index (χ0v) is 14.9. The molecule has 0 spiro atoms. The van der Waals surface area contributed by atoms with Gasteiger partial charge >= 0.3 is 5.97 Å². The maximum Gasteiger partial charge on any atom is 0.310 e. The van der Waals surface area contributed by atoms with Crippen molar-refractivity contribution in [2.75, 3.05) is 11.9 Å². The zero-order chi connectivity index (χ0) is 18.2. The maximum atomic E-state index is 12.0. The maximum absolute atomic E-state index is 12.0. The van der Waals surface area contributed by atoms with Crippen LogP contribution in [0.1, 0.15) is 18.9 Å². The van der Waals surface area contributed by atoms with Gasteiger partial charge in [-0.1, -0.05) is 41.4 Å². The van der Waals surface area contributed by atoms with Gasteiger partial charge in [-0.2, -0.15) is 0 Å². The largest absolute Gasteiger partial charge is 0.493 e. The van der Waals surface area contributed by atoms with Crippen molar-refractivity contribution in [1.82, 2.24) is 0 Å². The van der Waals surface area contributed by atoms with Gasteiger partial charge < -0.3 is 14.8 Å². The molecule has 0 aliphatic heterocycles. The van der Waals surface area contributed by atoms with Gasteiger partial charge in [0.05, 0.1) is 23.7 Å². The van der Waals surface area contributed by atoms with Crippen molar-refractivity contribution in [2.45, 2.75) is 26.4 Å². The van der Waals surface area contributed by atoms with E-state index in [2.05, 4.69) is 5.32 Å². The van der Waals surface area contributed by atoms with Gasteiger partial charge in [0.25, 0.3) is 5.91 Å². The molecule has 0 aliphatic rings. The Morgan fingerprint density at radius 1 is 1.12 bits per heavy atom. The molecule has 132 valence electrons. The summed E-state index contributed by atoms with van der Waals surface area (Å²) in [4.78, 5) is 23.9. The van der Waals surface area contributed by atoms with E-state index in [4.69, 9.17) is 21.1 Å². The van der Waals surface area contributed by atoms with Crippen LogP contribution >= 0.6 is 11.6 Å². The molecule has 25 heavy (non-hydrogen) atoms. The summed E-state index contributed by atoms with van der Waals surface area (Å²) < 4.78 is 10.6. The minimum Gasteiger partial charge on any atom is -0.493 e. The first-order valence-corrected chi connectivity index (χ1v) is 8.28. The van der Waals surface area contributed by atoms with Gasteiger partial charge in [0.2, 0.25) is 0 Å². The minimum atomic E-state index is -0.928. The number of nitrogens with one attached hydrogen (secondary N) is 1. The van der Waals surface area contributed by atoms with Crippen molar-refractivity contribution in [3.63, 3.8) is 0 Å². The molecule has 1 atom stereocenters. The van der Waals surface area contributed by atoms with Crippen LogP contribution in [0.25, 0.3) is 0 Å². The number of benzene rings is 2. The lowest BCUT2D eigenvalue weighted by molar-refractivity contribution is -0.153. The highest BCUT2D eigenvalue weighted by atomic mass is 35.5. The number of hydrogen-bond acceptors (Lipinski definition) is 4. The third-order valence-electron chi connectivity index (χ3n) is 3.41. The van der Waals surface area contributed by atoms with E-state index in [-0.39, 0.29) is 13.0 Å². The lowest BCUT2D eigenvalue weighted by Gasteiger charge is -2.14. The first kappa shape index (κ1) is 18.8. The first-order chi connectivity index (χ1) is 12.0. The Hall–Kier alpha value is -2.53. The van der Waals surface area contributed by atoms with Gasteiger partial charge in [0.1, 0.15) is 5.75 Å². The zero-order valence-electron chi connectivity index (χ0n) is 14.1. The van der Waals surface area contributed by atoms with Crippen LogP contribution in [-0.2, 0) is 14.3 Å². The summed E-state index contributed by atoms with van der Waals surface area (Å²) in [7, 11) is 0. The number of carbonyl (C=O) groups is 2. The van der Waals surface area contributed by atoms with Crippen molar-refractivity contribution in [2.24, 2.45) is 0 Å². The molecular weight excluding hydrogens is 342 g/mol. The number of anilines is 1. The van der Waals surface area contributed by atoms with E-state index in [0.717, 1.165) is 5.56 Å². The van der Waals surface area contributed by atoms with E-state index >= 15 is 0 Å². The normalized spacial score (nSPS) is 11.5. The Morgan fingerprint density at radius 2 is 1.80 bits per heavy atom. The molecule has 6 heteroatoms. The summed E-state index contributed by atoms with van der Waals surface area (Å²) in [5.74, 6) is -0.266. The van der Waals surface area contributed by atoms with E-state index in [1.165, 1.54) is 6.92 Å². The van der Waals surface area contributed by atoms with Crippen LogP contribution in [-0.4, -0.2) is 24.6 Å². The van der Waals surface area contributed by atoms with Gasteiger partial charge in [0, 0.05) is 0 Å². The highest BCUT2D eigenvalue weighted by Crippen LogP contribution is 2.20. The van der Waals surface area contributed by atoms with Crippen LogP contribution in [0.15, 0.2) is 48.5 Å². The van der Waals surface area contributed by atoms with E-state index in [1.807, 2.05) is 31.2 Å². The average Bonchev–Trinajstić information content (AvgIpc) is 2.58. The Bertz CT molecular complexity index is 730. The number of rotatable bonds is 7. The SMILES string of the molecule is Cc1ccc(OCCC(=O)O[C@H](C)C(=O)Nc2ccccc2Cl)cc1. The fourth-order valence-corrected chi connectivity index (χ4v) is 2.18. The summed E-state index contributed by atoms with van der Waals surface area (Å²) in [6.07, 6.45) is -0.874. The highest BCUT2D eigenvalue weighted by Gasteiger charge is 2.18. The Morgan fingerprint density at radius 3 is 2.48 bits per heavy atom. The number of hydrogen-bond donors (Lipinski definition) is 1. The minimum absolute atomic E-state index is 0.0532. The van der Waals surface area contributed by atoms with Gasteiger partial charge in [-0.3, -0.25) is 9.59 Å². The van der Waals surface area contributed by atoms with E-state index in [1.54, 1.807) is 24.3 Å². The van der Waals surface area contributed by atoms with Crippen molar-refractivity contribution >= 4 is 29.2 Å². The molecule has 0 aliphatic carbocycles. The summed E-state index contributed by atoms with van der Waals surface area (Å²) in [6, 6.07) is 14.4. The van der Waals surface area contributed by atoms with Crippen molar-refractivity contribution in [3.05, 3.63) is 59.1 Å². The summed E-state index contributed by atoms with van der Waals surface area (Å²) in [6.45, 7) is 3.67. The quantitative estimate of drug-likeness (QED) is 0.757. The number of para-hydroxylation sites is 1. The lowest BCUT2D eigenvalue weighted by atomic mass is 10.2. The molecule has 0 saturated carbocycles. The van der Waals surface area contributed by atoms with Crippen LogP contribution in [0, 0.1) is 6.92 Å². The molecule has 1 amide bonds. The fraction of sp³-hybridized carbons (Fsp3) is 0.263. The molecule has 0 aromatic heterocycles. The molecule has 0 heterocycles. The Labute approximate surface area is 151 Å². The molecular formula is C19H20ClNO4. The molecule has 5 nitrogen and oxygen atoms in total. The Kier molecular flexibility index (Phi) is 6.83. The predicted molar refractivity (Wildman–Crippen MR) is 96.9 cm³/mol. The number of aryl methyl sites for hydroxylation is 1. The second kappa shape index (κ2) is 9.08. The number of halogens is 1. The van der Waals surface area contributed by atoms with Gasteiger partial charge in [-0.05, 0) is 38.1 Å². The van der Waals surface area contributed by atoms with Gasteiger partial charge in [-0.25, -0.2) is 0 Å². The van der Waals surface area contributed by atoms with Gasteiger partial charge in [-0.15, -0.1) is 0 Å². The summed E-state index contributed by atoms with van der Waals surface area (Å²) >= 11 is 5.98. The third kappa shape index (κ3) is 6.12. The number of carbonyl (C=O) groups excluding carboxylic acids is 2. The summed E-state index contributed by atoms with van der Waals surface area (Å²) in [5.41, 5.74) is 1.60. The molecule has 1 N–H and O–H groups in total. The monoisotopic (exact) mass is 361 g/mol. The van der Waals surface area contributed by atoms with Crippen LogP contribution in [0.4, 0.5) is 5.69 Å². The predicted octanol–water partition coefficient (Wildman–Crippen LogP) is 3.99. The smallest absolute Gasteiger partial charge is 0.310 e.